The Balaban J connectivity index is 2.09. The van der Waals surface area contributed by atoms with Crippen molar-refractivity contribution < 1.29 is 4.74 Å². The van der Waals surface area contributed by atoms with Crippen LogP contribution in [-0.4, -0.2) is 32.8 Å². The molecule has 1 aromatic carbocycles. The second kappa shape index (κ2) is 8.16. The quantitative estimate of drug-likeness (QED) is 0.721. The van der Waals surface area contributed by atoms with Crippen LogP contribution in [0.2, 0.25) is 0 Å². The summed E-state index contributed by atoms with van der Waals surface area (Å²) in [6, 6.07) is 7.83. The van der Waals surface area contributed by atoms with Gasteiger partial charge in [0.15, 0.2) is 0 Å². The summed E-state index contributed by atoms with van der Waals surface area (Å²) < 4.78 is 6.44. The third-order valence-corrected chi connectivity index (χ3v) is 4.64. The van der Waals surface area contributed by atoms with Gasteiger partial charge in [-0.05, 0) is 66.4 Å². The minimum atomic E-state index is 0.392. The monoisotopic (exact) mass is 354 g/mol. The van der Waals surface area contributed by atoms with E-state index in [1.165, 1.54) is 28.6 Å². The topological polar surface area (TPSA) is 24.5 Å². The second-order valence-electron chi connectivity index (χ2n) is 5.80. The first-order chi connectivity index (χ1) is 10.2. The molecule has 1 N–H and O–H groups in total. The lowest BCUT2D eigenvalue weighted by molar-refractivity contribution is 0.205. The van der Waals surface area contributed by atoms with Gasteiger partial charge in [-0.15, -0.1) is 0 Å². The van der Waals surface area contributed by atoms with Gasteiger partial charge in [0.05, 0.1) is 12.3 Å². The standard InChI is InChI=1S/C17H27BrN2O/c1-4-9-19-13(2)14-5-8-17(16(18)12-14)20(10-11-21-3)15-6-7-15/h5,8,12-13,15,19H,4,6-7,9-11H2,1-3H3. The van der Waals surface area contributed by atoms with Crippen LogP contribution in [0.4, 0.5) is 5.69 Å². The molecule has 0 amide bonds. The summed E-state index contributed by atoms with van der Waals surface area (Å²) in [5.41, 5.74) is 2.63. The molecule has 3 nitrogen and oxygen atoms in total. The summed E-state index contributed by atoms with van der Waals surface area (Å²) in [4.78, 5) is 2.47. The third kappa shape index (κ3) is 4.70. The molecule has 1 aliphatic rings. The summed E-state index contributed by atoms with van der Waals surface area (Å²) in [5.74, 6) is 0. The molecular formula is C17H27BrN2O. The van der Waals surface area contributed by atoms with E-state index in [1.807, 2.05) is 0 Å². The molecule has 2 rings (SSSR count). The highest BCUT2D eigenvalue weighted by molar-refractivity contribution is 9.10. The van der Waals surface area contributed by atoms with E-state index < -0.39 is 0 Å². The first-order valence-corrected chi connectivity index (χ1v) is 8.75. The van der Waals surface area contributed by atoms with Gasteiger partial charge in [0.2, 0.25) is 0 Å². The van der Waals surface area contributed by atoms with Gasteiger partial charge in [-0.3, -0.25) is 0 Å². The average molecular weight is 355 g/mol. The van der Waals surface area contributed by atoms with Crippen LogP contribution in [0.1, 0.15) is 44.7 Å². The zero-order chi connectivity index (χ0) is 15.2. The molecule has 0 heterocycles. The molecule has 1 fully saturated rings. The number of benzene rings is 1. The van der Waals surface area contributed by atoms with Crippen LogP contribution < -0.4 is 10.2 Å². The lowest BCUT2D eigenvalue weighted by atomic mass is 10.1. The number of rotatable bonds is 9. The molecule has 1 unspecified atom stereocenters. The molecule has 0 aromatic heterocycles. The summed E-state index contributed by atoms with van der Waals surface area (Å²) in [7, 11) is 1.77. The Morgan fingerprint density at radius 3 is 2.76 bits per heavy atom. The van der Waals surface area contributed by atoms with Crippen molar-refractivity contribution in [3.05, 3.63) is 28.2 Å². The Kier molecular flexibility index (Phi) is 6.52. The third-order valence-electron chi connectivity index (χ3n) is 4.01. The van der Waals surface area contributed by atoms with Gasteiger partial charge in [-0.2, -0.15) is 0 Å². The Hall–Kier alpha value is -0.580. The molecule has 1 aliphatic carbocycles. The maximum Gasteiger partial charge on any atom is 0.0637 e. The van der Waals surface area contributed by atoms with Gasteiger partial charge in [0.1, 0.15) is 0 Å². The molecule has 1 atom stereocenters. The van der Waals surface area contributed by atoms with Crippen LogP contribution in [0.15, 0.2) is 22.7 Å². The fourth-order valence-electron chi connectivity index (χ4n) is 2.58. The van der Waals surface area contributed by atoms with E-state index in [-0.39, 0.29) is 0 Å². The van der Waals surface area contributed by atoms with Gasteiger partial charge < -0.3 is 15.0 Å². The van der Waals surface area contributed by atoms with Crippen molar-refractivity contribution in [2.45, 2.75) is 45.2 Å². The number of anilines is 1. The predicted molar refractivity (Wildman–Crippen MR) is 93.1 cm³/mol. The van der Waals surface area contributed by atoms with Crippen LogP contribution in [0.25, 0.3) is 0 Å². The summed E-state index contributed by atoms with van der Waals surface area (Å²) in [5, 5.41) is 3.54. The Bertz CT molecular complexity index is 448. The molecule has 0 aliphatic heterocycles. The van der Waals surface area contributed by atoms with Gasteiger partial charge in [0.25, 0.3) is 0 Å². The Labute approximate surface area is 137 Å². The van der Waals surface area contributed by atoms with Crippen molar-refractivity contribution in [3.63, 3.8) is 0 Å². The largest absolute Gasteiger partial charge is 0.383 e. The summed E-state index contributed by atoms with van der Waals surface area (Å²) in [6.45, 7) is 7.22. The lowest BCUT2D eigenvalue weighted by Gasteiger charge is -2.26. The normalized spacial score (nSPS) is 16.0. The molecule has 0 bridgehead atoms. The van der Waals surface area contributed by atoms with E-state index in [4.69, 9.17) is 4.74 Å². The Morgan fingerprint density at radius 1 is 1.43 bits per heavy atom. The SMILES string of the molecule is CCCNC(C)c1ccc(N(CCOC)C2CC2)c(Br)c1. The molecule has 0 spiro atoms. The first-order valence-electron chi connectivity index (χ1n) is 7.95. The maximum absolute atomic E-state index is 5.25. The predicted octanol–water partition coefficient (Wildman–Crippen LogP) is 4.12. The van der Waals surface area contributed by atoms with Gasteiger partial charge in [-0.1, -0.05) is 13.0 Å². The first kappa shape index (κ1) is 16.8. The fourth-order valence-corrected chi connectivity index (χ4v) is 3.20. The van der Waals surface area contributed by atoms with E-state index in [0.717, 1.165) is 26.1 Å². The summed E-state index contributed by atoms with van der Waals surface area (Å²) in [6.07, 6.45) is 3.76. The molecule has 4 heteroatoms. The zero-order valence-electron chi connectivity index (χ0n) is 13.4. The highest BCUT2D eigenvalue weighted by Gasteiger charge is 2.30. The molecule has 21 heavy (non-hydrogen) atoms. The Morgan fingerprint density at radius 2 is 2.19 bits per heavy atom. The smallest absolute Gasteiger partial charge is 0.0637 e. The molecule has 0 saturated heterocycles. The van der Waals surface area contributed by atoms with Crippen molar-refractivity contribution in [1.82, 2.24) is 5.32 Å². The van der Waals surface area contributed by atoms with Gasteiger partial charge in [0, 0.05) is 30.2 Å². The number of halogens is 1. The van der Waals surface area contributed by atoms with Crippen LogP contribution >= 0.6 is 15.9 Å². The summed E-state index contributed by atoms with van der Waals surface area (Å²) >= 11 is 3.76. The second-order valence-corrected chi connectivity index (χ2v) is 6.66. The molecule has 1 saturated carbocycles. The molecule has 1 aromatic rings. The van der Waals surface area contributed by atoms with E-state index in [1.54, 1.807) is 7.11 Å². The molecule has 0 radical (unpaired) electrons. The minimum Gasteiger partial charge on any atom is -0.383 e. The zero-order valence-corrected chi connectivity index (χ0v) is 14.9. The van der Waals surface area contributed by atoms with E-state index in [0.29, 0.717) is 12.1 Å². The highest BCUT2D eigenvalue weighted by atomic mass is 79.9. The van der Waals surface area contributed by atoms with Crippen LogP contribution in [0.5, 0.6) is 0 Å². The van der Waals surface area contributed by atoms with Crippen LogP contribution in [0, 0.1) is 0 Å². The maximum atomic E-state index is 5.25. The average Bonchev–Trinajstić information content (AvgIpc) is 3.31. The van der Waals surface area contributed by atoms with Crippen molar-refractivity contribution in [3.8, 4) is 0 Å². The van der Waals surface area contributed by atoms with Crippen molar-refractivity contribution >= 4 is 21.6 Å². The van der Waals surface area contributed by atoms with Crippen molar-refractivity contribution in [1.29, 1.82) is 0 Å². The minimum absolute atomic E-state index is 0.392. The van der Waals surface area contributed by atoms with E-state index in [2.05, 4.69) is 58.2 Å². The number of nitrogens with zero attached hydrogens (tertiary/aromatic N) is 1. The number of hydrogen-bond donors (Lipinski definition) is 1. The van der Waals surface area contributed by atoms with Crippen LogP contribution in [-0.2, 0) is 4.74 Å². The number of hydrogen-bond acceptors (Lipinski definition) is 3. The van der Waals surface area contributed by atoms with Crippen molar-refractivity contribution in [2.75, 3.05) is 31.7 Å². The number of nitrogens with one attached hydrogen (secondary N) is 1. The highest BCUT2D eigenvalue weighted by Crippen LogP contribution is 2.36. The van der Waals surface area contributed by atoms with Crippen molar-refractivity contribution in [2.24, 2.45) is 0 Å². The lowest BCUT2D eigenvalue weighted by Crippen LogP contribution is -2.29. The number of ether oxygens (including phenoxy) is 1. The number of methoxy groups -OCH3 is 1. The molecular weight excluding hydrogens is 328 g/mol. The van der Waals surface area contributed by atoms with Gasteiger partial charge in [-0.25, -0.2) is 0 Å². The van der Waals surface area contributed by atoms with E-state index >= 15 is 0 Å². The molecule has 118 valence electrons. The van der Waals surface area contributed by atoms with E-state index in [9.17, 15) is 0 Å². The van der Waals surface area contributed by atoms with Crippen LogP contribution in [0.3, 0.4) is 0 Å². The van der Waals surface area contributed by atoms with Gasteiger partial charge >= 0.3 is 0 Å². The fraction of sp³-hybridized carbons (Fsp3) is 0.647.